The van der Waals surface area contributed by atoms with Crippen LogP contribution in [0.2, 0.25) is 0 Å². The topological polar surface area (TPSA) is 67.8 Å². The standard InChI is InChI=1S/C28H28N4O3/c1-28-26(34-3)17(29-2)12-20(35-28)31-18-10-6-4-8-14(18)22-23-16(13-30-27(23)33)21-15-9-5-7-11-19(15)32(28)25(21)24(22)31/h4-11,15,17,19-20,26,29H,12-13H2,1-3H3,(H,30,33)/t15?,17-,19?,20-,26-,28-/m1/s1. The monoisotopic (exact) mass is 468 g/mol. The molecule has 1 aliphatic carbocycles. The minimum atomic E-state index is -0.702. The first-order valence-electron chi connectivity index (χ1n) is 12.5. The largest absolute Gasteiger partial charge is 0.375 e. The summed E-state index contributed by atoms with van der Waals surface area (Å²) in [5, 5.41) is 8.84. The predicted octanol–water partition coefficient (Wildman–Crippen LogP) is 3.69. The number of rotatable bonds is 2. The van der Waals surface area contributed by atoms with E-state index in [0.717, 1.165) is 39.4 Å². The van der Waals surface area contributed by atoms with Crippen molar-refractivity contribution in [3.05, 3.63) is 65.3 Å². The van der Waals surface area contributed by atoms with E-state index in [2.05, 4.69) is 75.6 Å². The van der Waals surface area contributed by atoms with Crippen LogP contribution in [-0.4, -0.2) is 48.5 Å². The number of methoxy groups -OCH3 is 1. The molecule has 2 unspecified atom stereocenters. The highest BCUT2D eigenvalue weighted by Gasteiger charge is 2.59. The van der Waals surface area contributed by atoms with E-state index in [1.54, 1.807) is 7.11 Å². The number of anilines is 1. The van der Waals surface area contributed by atoms with Crippen LogP contribution in [0.5, 0.6) is 0 Å². The number of nitrogens with zero attached hydrogens (tertiary/aromatic N) is 2. The number of likely N-dealkylation sites (N-methyl/N-ethyl adjacent to an activating group) is 1. The van der Waals surface area contributed by atoms with E-state index in [1.807, 2.05) is 7.05 Å². The molecule has 0 radical (unpaired) electrons. The Morgan fingerprint density at radius 2 is 2.06 bits per heavy atom. The van der Waals surface area contributed by atoms with Crippen molar-refractivity contribution >= 4 is 33.4 Å². The van der Waals surface area contributed by atoms with Crippen molar-refractivity contribution in [1.29, 1.82) is 0 Å². The summed E-state index contributed by atoms with van der Waals surface area (Å²) in [6, 6.07) is 8.65. The van der Waals surface area contributed by atoms with Gasteiger partial charge in [-0.3, -0.25) is 4.79 Å². The number of allylic oxidation sites excluding steroid dienone is 2. The Morgan fingerprint density at radius 1 is 1.23 bits per heavy atom. The molecule has 5 aliphatic rings. The van der Waals surface area contributed by atoms with Gasteiger partial charge in [-0.1, -0.05) is 42.5 Å². The zero-order valence-electron chi connectivity index (χ0n) is 20.0. The number of hydrogen-bond acceptors (Lipinski definition) is 5. The maximum atomic E-state index is 13.3. The number of aromatic nitrogens is 1. The Bertz CT molecular complexity index is 1520. The number of ether oxygens (including phenoxy) is 2. The van der Waals surface area contributed by atoms with Gasteiger partial charge in [0.1, 0.15) is 12.3 Å². The molecule has 7 nitrogen and oxygen atoms in total. The van der Waals surface area contributed by atoms with Crippen LogP contribution in [0.15, 0.2) is 48.6 Å². The van der Waals surface area contributed by atoms with Gasteiger partial charge in [-0.2, -0.15) is 0 Å². The second kappa shape index (κ2) is 6.55. The zero-order chi connectivity index (χ0) is 23.6. The second-order valence-electron chi connectivity index (χ2n) is 10.5. The highest BCUT2D eigenvalue weighted by atomic mass is 16.6. The SMILES string of the molecule is CN[C@@H]1C[C@H]2O[C@](C)([C@@H]1OC)N1c3c(c4c(c5c6ccccc6n2c35)C(=O)NC4)C2C=CC=CC21. The van der Waals surface area contributed by atoms with Crippen molar-refractivity contribution in [2.75, 3.05) is 19.1 Å². The van der Waals surface area contributed by atoms with E-state index in [9.17, 15) is 4.79 Å². The molecule has 5 heterocycles. The van der Waals surface area contributed by atoms with Crippen molar-refractivity contribution in [3.8, 4) is 0 Å². The van der Waals surface area contributed by atoms with Crippen LogP contribution in [0.1, 0.15) is 47.0 Å². The minimum absolute atomic E-state index is 0.0262. The summed E-state index contributed by atoms with van der Waals surface area (Å²) in [6.45, 7) is 2.75. The summed E-state index contributed by atoms with van der Waals surface area (Å²) in [7, 11) is 3.80. The molecule has 1 aromatic heterocycles. The summed E-state index contributed by atoms with van der Waals surface area (Å²) in [5.74, 6) is 0.176. The van der Waals surface area contributed by atoms with Crippen molar-refractivity contribution in [1.82, 2.24) is 15.2 Å². The molecule has 1 fully saturated rings. The van der Waals surface area contributed by atoms with Gasteiger partial charge < -0.3 is 29.6 Å². The number of carbonyl (C=O) groups is 1. The number of carbonyl (C=O) groups excluding carboxylic acids is 1. The number of hydrogen-bond donors (Lipinski definition) is 2. The van der Waals surface area contributed by atoms with Crippen LogP contribution in [0.4, 0.5) is 5.69 Å². The lowest BCUT2D eigenvalue weighted by atomic mass is 9.85. The number of nitrogens with one attached hydrogen (secondary N) is 2. The van der Waals surface area contributed by atoms with Gasteiger partial charge >= 0.3 is 0 Å². The molecule has 8 rings (SSSR count). The number of benzene rings is 2. The first-order valence-corrected chi connectivity index (χ1v) is 12.5. The van der Waals surface area contributed by atoms with Crippen molar-refractivity contribution in [3.63, 3.8) is 0 Å². The normalized spacial score (nSPS) is 33.9. The first-order chi connectivity index (χ1) is 17.1. The summed E-state index contributed by atoms with van der Waals surface area (Å²) in [4.78, 5) is 15.8. The van der Waals surface area contributed by atoms with E-state index >= 15 is 0 Å². The van der Waals surface area contributed by atoms with Crippen LogP contribution >= 0.6 is 0 Å². The van der Waals surface area contributed by atoms with Crippen LogP contribution in [0.3, 0.4) is 0 Å². The van der Waals surface area contributed by atoms with Crippen LogP contribution in [0, 0.1) is 0 Å². The van der Waals surface area contributed by atoms with Crippen molar-refractivity contribution in [2.45, 2.75) is 55.9 Å². The Balaban J connectivity index is 1.60. The maximum Gasteiger partial charge on any atom is 0.252 e. The average molecular weight is 469 g/mol. The van der Waals surface area contributed by atoms with E-state index in [1.165, 1.54) is 11.3 Å². The summed E-state index contributed by atoms with van der Waals surface area (Å²) in [6.07, 6.45) is 9.24. The lowest BCUT2D eigenvalue weighted by Crippen LogP contribution is -2.67. The van der Waals surface area contributed by atoms with Gasteiger partial charge in [0.2, 0.25) is 0 Å². The summed E-state index contributed by atoms with van der Waals surface area (Å²) < 4.78 is 15.7. The molecule has 3 aromatic rings. The molecular formula is C28H28N4O3. The average Bonchev–Trinajstić information content (AvgIpc) is 3.51. The molecule has 1 saturated heterocycles. The molecule has 7 heteroatoms. The Morgan fingerprint density at radius 3 is 2.89 bits per heavy atom. The van der Waals surface area contributed by atoms with E-state index in [4.69, 9.17) is 9.47 Å². The lowest BCUT2D eigenvalue weighted by Gasteiger charge is -2.53. The highest BCUT2D eigenvalue weighted by molar-refractivity contribution is 6.24. The predicted molar refractivity (Wildman–Crippen MR) is 135 cm³/mol. The molecule has 0 spiro atoms. The number of amides is 1. The molecule has 178 valence electrons. The Kier molecular flexibility index (Phi) is 3.76. The molecular weight excluding hydrogens is 440 g/mol. The van der Waals surface area contributed by atoms with Gasteiger partial charge in [0, 0.05) is 42.8 Å². The molecule has 0 saturated carbocycles. The van der Waals surface area contributed by atoms with Gasteiger partial charge in [0.15, 0.2) is 5.72 Å². The number of para-hydroxylation sites is 1. The maximum absolute atomic E-state index is 13.3. The third kappa shape index (κ3) is 2.17. The van der Waals surface area contributed by atoms with Gasteiger partial charge in [0.25, 0.3) is 5.91 Å². The van der Waals surface area contributed by atoms with Crippen LogP contribution < -0.4 is 15.5 Å². The van der Waals surface area contributed by atoms with Crippen molar-refractivity contribution < 1.29 is 14.3 Å². The van der Waals surface area contributed by atoms with Crippen LogP contribution in [0.25, 0.3) is 21.8 Å². The van der Waals surface area contributed by atoms with E-state index in [-0.39, 0.29) is 36.2 Å². The lowest BCUT2D eigenvalue weighted by molar-refractivity contribution is -0.219. The smallest absolute Gasteiger partial charge is 0.252 e. The number of fused-ring (bicyclic) bond motifs is 13. The molecule has 2 aromatic carbocycles. The molecule has 2 bridgehead atoms. The molecule has 6 atom stereocenters. The van der Waals surface area contributed by atoms with E-state index in [0.29, 0.717) is 6.54 Å². The fraction of sp³-hybridized carbons (Fsp3) is 0.393. The van der Waals surface area contributed by atoms with Crippen LogP contribution in [-0.2, 0) is 16.0 Å². The van der Waals surface area contributed by atoms with Gasteiger partial charge in [-0.05, 0) is 31.2 Å². The Labute approximate surface area is 203 Å². The summed E-state index contributed by atoms with van der Waals surface area (Å²) >= 11 is 0. The molecule has 2 N–H and O–H groups in total. The summed E-state index contributed by atoms with van der Waals surface area (Å²) in [5.41, 5.74) is 5.96. The van der Waals surface area contributed by atoms with Crippen molar-refractivity contribution in [2.24, 2.45) is 0 Å². The molecule has 1 amide bonds. The zero-order valence-corrected chi connectivity index (χ0v) is 20.0. The third-order valence-electron chi connectivity index (χ3n) is 9.01. The van der Waals surface area contributed by atoms with Gasteiger partial charge in [-0.25, -0.2) is 0 Å². The Hall–Kier alpha value is -3.13. The fourth-order valence-electron chi connectivity index (χ4n) is 7.78. The fourth-order valence-corrected chi connectivity index (χ4v) is 7.78. The van der Waals surface area contributed by atoms with Gasteiger partial charge in [0.05, 0.1) is 28.3 Å². The molecule has 4 aliphatic heterocycles. The molecule has 35 heavy (non-hydrogen) atoms. The third-order valence-corrected chi connectivity index (χ3v) is 9.01. The first kappa shape index (κ1) is 20.1. The highest BCUT2D eigenvalue weighted by Crippen LogP contribution is 2.59. The quantitative estimate of drug-likeness (QED) is 0.601. The van der Waals surface area contributed by atoms with E-state index < -0.39 is 5.72 Å². The second-order valence-corrected chi connectivity index (χ2v) is 10.5. The minimum Gasteiger partial charge on any atom is -0.375 e. The van der Waals surface area contributed by atoms with Gasteiger partial charge in [-0.15, -0.1) is 0 Å².